The molecule has 27 heavy (non-hydrogen) atoms. The summed E-state index contributed by atoms with van der Waals surface area (Å²) < 4.78 is 25.7. The normalized spacial score (nSPS) is 11.9. The van der Waals surface area contributed by atoms with Crippen LogP contribution < -0.4 is 5.32 Å². The van der Waals surface area contributed by atoms with E-state index in [9.17, 15) is 13.2 Å². The van der Waals surface area contributed by atoms with Crippen molar-refractivity contribution in [3.63, 3.8) is 0 Å². The van der Waals surface area contributed by atoms with Gasteiger partial charge in [-0.2, -0.15) is 0 Å². The summed E-state index contributed by atoms with van der Waals surface area (Å²) in [6.45, 7) is 1.81. The summed E-state index contributed by atoms with van der Waals surface area (Å²) >= 11 is 2.84. The van der Waals surface area contributed by atoms with Gasteiger partial charge in [-0.05, 0) is 36.1 Å². The SMILES string of the molecule is Cc1ccc(S(=O)(=O)N(C)C)cc1NC(=O)CSc1ncnc2sccc12. The van der Waals surface area contributed by atoms with Crippen molar-refractivity contribution in [1.82, 2.24) is 14.3 Å². The summed E-state index contributed by atoms with van der Waals surface area (Å²) in [6.07, 6.45) is 1.48. The number of nitrogens with one attached hydrogen (secondary N) is 1. The molecule has 3 rings (SSSR count). The molecule has 1 N–H and O–H groups in total. The minimum absolute atomic E-state index is 0.136. The van der Waals surface area contributed by atoms with Crippen LogP contribution in [0, 0.1) is 6.92 Å². The van der Waals surface area contributed by atoms with Gasteiger partial charge in [0.05, 0.1) is 10.6 Å². The largest absolute Gasteiger partial charge is 0.325 e. The number of thioether (sulfide) groups is 1. The van der Waals surface area contributed by atoms with Crippen molar-refractivity contribution in [2.75, 3.05) is 25.2 Å². The number of benzene rings is 1. The number of anilines is 1. The van der Waals surface area contributed by atoms with Gasteiger partial charge < -0.3 is 5.32 Å². The van der Waals surface area contributed by atoms with Crippen molar-refractivity contribution in [3.05, 3.63) is 41.5 Å². The van der Waals surface area contributed by atoms with Crippen molar-refractivity contribution in [2.45, 2.75) is 16.8 Å². The maximum absolute atomic E-state index is 12.4. The summed E-state index contributed by atoms with van der Waals surface area (Å²) in [6, 6.07) is 6.62. The molecule has 0 fully saturated rings. The molecule has 142 valence electrons. The predicted octanol–water partition coefficient (Wildman–Crippen LogP) is 2.98. The molecule has 2 heterocycles. The van der Waals surface area contributed by atoms with Gasteiger partial charge in [0, 0.05) is 25.2 Å². The monoisotopic (exact) mass is 422 g/mol. The Hall–Kier alpha value is -2.01. The number of amides is 1. The topological polar surface area (TPSA) is 92.3 Å². The van der Waals surface area contributed by atoms with Crippen LogP contribution in [0.3, 0.4) is 0 Å². The molecule has 0 saturated heterocycles. The number of nitrogens with zero attached hydrogens (tertiary/aromatic N) is 3. The zero-order valence-corrected chi connectivity index (χ0v) is 17.4. The first-order valence-electron chi connectivity index (χ1n) is 7.93. The van der Waals surface area contributed by atoms with Crippen LogP contribution in [0.5, 0.6) is 0 Å². The van der Waals surface area contributed by atoms with Gasteiger partial charge in [-0.1, -0.05) is 17.8 Å². The van der Waals surface area contributed by atoms with Gasteiger partial charge in [0.1, 0.15) is 16.2 Å². The molecule has 1 aromatic carbocycles. The molecule has 0 unspecified atom stereocenters. The Kier molecular flexibility index (Phi) is 5.80. The highest BCUT2D eigenvalue weighted by Crippen LogP contribution is 2.28. The zero-order chi connectivity index (χ0) is 19.6. The van der Waals surface area contributed by atoms with Crippen molar-refractivity contribution in [2.24, 2.45) is 0 Å². The molecule has 3 aromatic rings. The molecular formula is C17H18N4O3S3. The molecule has 0 spiro atoms. The highest BCUT2D eigenvalue weighted by Gasteiger charge is 2.19. The zero-order valence-electron chi connectivity index (χ0n) is 15.0. The molecule has 0 aliphatic carbocycles. The van der Waals surface area contributed by atoms with Crippen LogP contribution in [0.15, 0.2) is 45.9 Å². The van der Waals surface area contributed by atoms with Crippen molar-refractivity contribution >= 4 is 54.9 Å². The lowest BCUT2D eigenvalue weighted by atomic mass is 10.2. The van der Waals surface area contributed by atoms with E-state index in [1.807, 2.05) is 18.4 Å². The van der Waals surface area contributed by atoms with E-state index in [4.69, 9.17) is 0 Å². The van der Waals surface area contributed by atoms with E-state index in [2.05, 4.69) is 15.3 Å². The molecule has 10 heteroatoms. The molecule has 0 atom stereocenters. The Balaban J connectivity index is 1.73. The maximum Gasteiger partial charge on any atom is 0.242 e. The number of aryl methyl sites for hydroxylation is 1. The second-order valence-electron chi connectivity index (χ2n) is 5.92. The number of thiophene rings is 1. The van der Waals surface area contributed by atoms with Crippen LogP contribution in [-0.4, -0.2) is 48.4 Å². The van der Waals surface area contributed by atoms with Crippen LogP contribution in [-0.2, 0) is 14.8 Å². The summed E-state index contributed by atoms with van der Waals surface area (Å²) in [4.78, 5) is 21.8. The number of aromatic nitrogens is 2. The predicted molar refractivity (Wildman–Crippen MR) is 109 cm³/mol. The van der Waals surface area contributed by atoms with Crippen LogP contribution >= 0.6 is 23.1 Å². The fourth-order valence-corrected chi connectivity index (χ4v) is 4.82. The lowest BCUT2D eigenvalue weighted by Gasteiger charge is -2.14. The number of hydrogen-bond donors (Lipinski definition) is 1. The molecule has 0 bridgehead atoms. The second-order valence-corrected chi connectivity index (χ2v) is 9.93. The number of carbonyl (C=O) groups excluding carboxylic acids is 1. The molecule has 0 radical (unpaired) electrons. The lowest BCUT2D eigenvalue weighted by molar-refractivity contribution is -0.113. The van der Waals surface area contributed by atoms with Crippen LogP contribution in [0.2, 0.25) is 0 Å². The minimum Gasteiger partial charge on any atom is -0.325 e. The number of sulfonamides is 1. The summed E-state index contributed by atoms with van der Waals surface area (Å²) in [5, 5.41) is 6.40. The average molecular weight is 423 g/mol. The summed E-state index contributed by atoms with van der Waals surface area (Å²) in [5.41, 5.74) is 1.26. The van der Waals surface area contributed by atoms with Gasteiger partial charge in [0.25, 0.3) is 0 Å². The fourth-order valence-electron chi connectivity index (χ4n) is 2.31. The average Bonchev–Trinajstić information content (AvgIpc) is 3.10. The van der Waals surface area contributed by atoms with Gasteiger partial charge in [-0.25, -0.2) is 22.7 Å². The third-order valence-electron chi connectivity index (χ3n) is 3.83. The van der Waals surface area contributed by atoms with E-state index < -0.39 is 10.0 Å². The Labute approximate surface area is 165 Å². The van der Waals surface area contributed by atoms with Gasteiger partial charge >= 0.3 is 0 Å². The summed E-state index contributed by atoms with van der Waals surface area (Å²) in [7, 11) is -0.626. The van der Waals surface area contributed by atoms with E-state index in [0.717, 1.165) is 25.1 Å². The lowest BCUT2D eigenvalue weighted by Crippen LogP contribution is -2.22. The van der Waals surface area contributed by atoms with Gasteiger partial charge in [0.2, 0.25) is 15.9 Å². The Bertz CT molecular complexity index is 1090. The van der Waals surface area contributed by atoms with Gasteiger partial charge in [-0.3, -0.25) is 4.79 Å². The van der Waals surface area contributed by atoms with Gasteiger partial charge in [0.15, 0.2) is 0 Å². The van der Waals surface area contributed by atoms with Crippen molar-refractivity contribution in [1.29, 1.82) is 0 Å². The van der Waals surface area contributed by atoms with E-state index in [1.54, 1.807) is 6.07 Å². The number of hydrogen-bond acceptors (Lipinski definition) is 7. The number of fused-ring (bicyclic) bond motifs is 1. The molecule has 0 aliphatic heterocycles. The van der Waals surface area contributed by atoms with E-state index >= 15 is 0 Å². The quantitative estimate of drug-likeness (QED) is 0.485. The molecule has 0 aliphatic rings. The molecular weight excluding hydrogens is 404 g/mol. The Morgan fingerprint density at radius 2 is 2.04 bits per heavy atom. The Morgan fingerprint density at radius 1 is 1.26 bits per heavy atom. The third-order valence-corrected chi connectivity index (χ3v) is 7.46. The summed E-state index contributed by atoms with van der Waals surface area (Å²) in [5.74, 6) is -0.0732. The number of carbonyl (C=O) groups is 1. The first-order valence-corrected chi connectivity index (χ1v) is 11.2. The van der Waals surface area contributed by atoms with E-state index in [-0.39, 0.29) is 16.6 Å². The Morgan fingerprint density at radius 3 is 2.78 bits per heavy atom. The van der Waals surface area contributed by atoms with E-state index in [0.29, 0.717) is 5.69 Å². The third kappa shape index (κ3) is 4.29. The smallest absolute Gasteiger partial charge is 0.242 e. The molecule has 0 saturated carbocycles. The van der Waals surface area contributed by atoms with Crippen molar-refractivity contribution in [3.8, 4) is 0 Å². The minimum atomic E-state index is -3.56. The second kappa shape index (κ2) is 7.93. The van der Waals surface area contributed by atoms with Crippen LogP contribution in [0.1, 0.15) is 5.56 Å². The highest BCUT2D eigenvalue weighted by molar-refractivity contribution is 8.00. The van der Waals surface area contributed by atoms with Crippen LogP contribution in [0.4, 0.5) is 5.69 Å². The number of rotatable bonds is 6. The molecule has 1 amide bonds. The first-order chi connectivity index (χ1) is 12.8. The fraction of sp³-hybridized carbons (Fsp3) is 0.235. The first kappa shape index (κ1) is 19.7. The molecule has 7 nitrogen and oxygen atoms in total. The maximum atomic E-state index is 12.4. The van der Waals surface area contributed by atoms with Crippen LogP contribution in [0.25, 0.3) is 10.2 Å². The van der Waals surface area contributed by atoms with E-state index in [1.165, 1.54) is 55.7 Å². The standard InChI is InChI=1S/C17H18N4O3S3/c1-11-4-5-12(27(23,24)21(2)3)8-14(11)20-15(22)9-26-17-13-6-7-25-16(13)18-10-19-17/h4-8,10H,9H2,1-3H3,(H,20,22). The van der Waals surface area contributed by atoms with Gasteiger partial charge in [-0.15, -0.1) is 11.3 Å². The van der Waals surface area contributed by atoms with Crippen molar-refractivity contribution < 1.29 is 13.2 Å². The highest BCUT2D eigenvalue weighted by atomic mass is 32.2. The molecule has 2 aromatic heterocycles.